The van der Waals surface area contributed by atoms with Crippen molar-refractivity contribution in [2.24, 2.45) is 0 Å². The van der Waals surface area contributed by atoms with E-state index in [4.69, 9.17) is 16.6 Å². The van der Waals surface area contributed by atoms with Crippen LogP contribution in [0.5, 0.6) is 11.5 Å². The van der Waals surface area contributed by atoms with Gasteiger partial charge in [-0.05, 0) is 129 Å². The van der Waals surface area contributed by atoms with E-state index in [2.05, 4.69) is 165 Å². The zero-order valence-electron chi connectivity index (χ0n) is 40.5. The summed E-state index contributed by atoms with van der Waals surface area (Å²) in [6.07, 6.45) is 7.21. The summed E-state index contributed by atoms with van der Waals surface area (Å²) in [5.74, 6) is 1.92. The zero-order valence-corrected chi connectivity index (χ0v) is 35.5. The number of nitrogens with zero attached hydrogens (tertiary/aromatic N) is 3. The molecule has 8 aromatic rings. The molecule has 0 spiro atoms. The summed E-state index contributed by atoms with van der Waals surface area (Å²) in [6.45, 7) is 7.81. The maximum Gasteiger partial charge on any atom is 0.212 e. The van der Waals surface area contributed by atoms with Crippen molar-refractivity contribution in [1.29, 1.82) is 0 Å². The maximum absolute atomic E-state index is 8.98. The van der Waals surface area contributed by atoms with Gasteiger partial charge in [-0.1, -0.05) is 150 Å². The van der Waals surface area contributed by atoms with Crippen LogP contribution in [0.2, 0.25) is 0 Å². The zero-order chi connectivity index (χ0) is 46.4. The molecule has 0 saturated heterocycles. The van der Waals surface area contributed by atoms with Crippen LogP contribution in [0.15, 0.2) is 164 Å². The number of anilines is 2. The second kappa shape index (κ2) is 13.3. The summed E-state index contributed by atoms with van der Waals surface area (Å²) in [5.41, 5.74) is 14.7. The minimum absolute atomic E-state index is 0.0358. The maximum atomic E-state index is 8.98. The lowest BCUT2D eigenvalue weighted by Crippen LogP contribution is -2.39. The van der Waals surface area contributed by atoms with Crippen molar-refractivity contribution >= 4 is 22.7 Å². The number of imidazole rings is 1. The molecular formula is C58H49N3O. The number of aromatic nitrogens is 2. The molecule has 0 radical (unpaired) electrons. The molecular weight excluding hydrogens is 755 g/mol. The molecule has 0 N–H and O–H groups in total. The number of hydrogen-bond donors (Lipinski definition) is 0. The summed E-state index contributed by atoms with van der Waals surface area (Å²) in [5, 5.41) is 0. The minimum Gasteiger partial charge on any atom is -0.457 e. The van der Waals surface area contributed by atoms with E-state index >= 15 is 0 Å². The van der Waals surface area contributed by atoms with Crippen LogP contribution in [-0.4, -0.2) is 15.6 Å². The van der Waals surface area contributed by atoms with Gasteiger partial charge in [0.2, 0.25) is 5.95 Å². The molecule has 62 heavy (non-hydrogen) atoms. The number of ether oxygens (including phenoxy) is 1. The van der Waals surface area contributed by atoms with Gasteiger partial charge < -0.3 is 14.2 Å². The van der Waals surface area contributed by atoms with Crippen molar-refractivity contribution < 1.29 is 11.6 Å². The number of benzene rings is 7. The molecule has 0 bridgehead atoms. The molecule has 4 heteroatoms. The molecule has 2 aliphatic heterocycles. The van der Waals surface area contributed by atoms with E-state index in [0.717, 1.165) is 83.9 Å². The Morgan fingerprint density at radius 2 is 1.21 bits per heavy atom. The van der Waals surface area contributed by atoms with Gasteiger partial charge >= 0.3 is 0 Å². The van der Waals surface area contributed by atoms with Crippen LogP contribution in [0.1, 0.15) is 69.8 Å². The van der Waals surface area contributed by atoms with E-state index in [0.29, 0.717) is 22.6 Å². The fourth-order valence-corrected chi connectivity index (χ4v) is 10.7. The minimum atomic E-state index is -2.49. The van der Waals surface area contributed by atoms with Crippen LogP contribution in [0.4, 0.5) is 11.6 Å². The Morgan fingerprint density at radius 3 is 1.95 bits per heavy atom. The van der Waals surface area contributed by atoms with Crippen LogP contribution in [0, 0.1) is 6.85 Å². The van der Waals surface area contributed by atoms with Crippen molar-refractivity contribution in [3.05, 3.63) is 186 Å². The Balaban J connectivity index is 1.08. The fraction of sp³-hybridized carbons (Fsp3) is 0.190. The van der Waals surface area contributed by atoms with E-state index in [1.165, 1.54) is 6.92 Å². The summed E-state index contributed by atoms with van der Waals surface area (Å²) >= 11 is 0. The van der Waals surface area contributed by atoms with Crippen molar-refractivity contribution in [3.8, 4) is 67.1 Å². The second-order valence-corrected chi connectivity index (χ2v) is 18.2. The van der Waals surface area contributed by atoms with E-state index in [1.54, 1.807) is 12.1 Å². The molecule has 3 heterocycles. The number of rotatable bonds is 3. The number of allylic oxidation sites excluding steroid dienone is 2. The average molecular weight is 809 g/mol. The first-order valence-electron chi connectivity index (χ1n) is 24.1. The molecule has 4 aliphatic rings. The van der Waals surface area contributed by atoms with Crippen LogP contribution in [-0.2, 0) is 17.2 Å². The van der Waals surface area contributed by atoms with E-state index < -0.39 is 24.1 Å². The Bertz CT molecular complexity index is 3460. The molecule has 2 aliphatic carbocycles. The van der Waals surface area contributed by atoms with E-state index in [1.807, 2.05) is 24.3 Å². The van der Waals surface area contributed by atoms with Gasteiger partial charge in [0.25, 0.3) is 0 Å². The first-order valence-corrected chi connectivity index (χ1v) is 21.6. The molecule has 12 rings (SSSR count). The standard InChI is InChI=1S/C58H49N3O/c1-7-36-24-29-48-55(31-36)62-54-30-35(2)45(34-49(54)58(5,6)57(48,3)4)37-25-27-44-46(32-37)42-19-11-10-17-40(42)39-16-8-9-18-41(39)43-28-26-38(33-47(43)44)60-52-22-14-15-23-53(52)61-51-21-13-12-20-50(51)59-56(60)61/h8-34,52-53H,7H2,1-6H3/i2D3,7D2. The summed E-state index contributed by atoms with van der Waals surface area (Å²) < 4.78 is 53.0. The summed E-state index contributed by atoms with van der Waals surface area (Å²) in [4.78, 5) is 7.61. The lowest BCUT2D eigenvalue weighted by atomic mass is 9.60. The molecule has 0 fully saturated rings. The molecule has 302 valence electrons. The summed E-state index contributed by atoms with van der Waals surface area (Å²) in [6, 6.07) is 48.3. The fourth-order valence-electron chi connectivity index (χ4n) is 10.7. The smallest absolute Gasteiger partial charge is 0.212 e. The average Bonchev–Trinajstić information content (AvgIpc) is 3.83. The van der Waals surface area contributed by atoms with Crippen molar-refractivity contribution in [2.75, 3.05) is 4.90 Å². The third kappa shape index (κ3) is 5.16. The Labute approximate surface area is 371 Å². The van der Waals surface area contributed by atoms with Gasteiger partial charge in [0.15, 0.2) is 0 Å². The number of hydrogen-bond acceptors (Lipinski definition) is 3. The van der Waals surface area contributed by atoms with E-state index in [-0.39, 0.29) is 17.6 Å². The van der Waals surface area contributed by atoms with Crippen LogP contribution >= 0.6 is 0 Å². The van der Waals surface area contributed by atoms with Crippen molar-refractivity contribution in [1.82, 2.24) is 9.55 Å². The molecule has 4 nitrogen and oxygen atoms in total. The van der Waals surface area contributed by atoms with Crippen molar-refractivity contribution in [3.63, 3.8) is 0 Å². The van der Waals surface area contributed by atoms with Gasteiger partial charge in [-0.25, -0.2) is 4.98 Å². The number of fused-ring (bicyclic) bond motifs is 15. The molecule has 1 aromatic heterocycles. The van der Waals surface area contributed by atoms with Crippen molar-refractivity contribution in [2.45, 2.75) is 70.8 Å². The Hall–Kier alpha value is -6.91. The Morgan fingerprint density at radius 1 is 0.597 bits per heavy atom. The highest BCUT2D eigenvalue weighted by atomic mass is 16.5. The van der Waals surface area contributed by atoms with Crippen LogP contribution in [0.25, 0.3) is 66.7 Å². The van der Waals surface area contributed by atoms with Crippen LogP contribution in [0.3, 0.4) is 0 Å². The second-order valence-electron chi connectivity index (χ2n) is 18.2. The van der Waals surface area contributed by atoms with E-state index in [9.17, 15) is 0 Å². The quantitative estimate of drug-likeness (QED) is 0.178. The lowest BCUT2D eigenvalue weighted by molar-refractivity contribution is 0.306. The highest BCUT2D eigenvalue weighted by molar-refractivity contribution is 6.05. The Kier molecular flexibility index (Phi) is 6.84. The molecule has 0 saturated carbocycles. The first-order chi connectivity index (χ1) is 32.0. The summed E-state index contributed by atoms with van der Waals surface area (Å²) in [7, 11) is 0. The molecule has 7 aromatic carbocycles. The highest BCUT2D eigenvalue weighted by Crippen LogP contribution is 2.56. The van der Waals surface area contributed by atoms with Crippen LogP contribution < -0.4 is 9.64 Å². The van der Waals surface area contributed by atoms with Gasteiger partial charge in [0, 0.05) is 34.5 Å². The highest BCUT2D eigenvalue weighted by Gasteiger charge is 2.46. The van der Waals surface area contributed by atoms with Gasteiger partial charge in [0.1, 0.15) is 11.5 Å². The van der Waals surface area contributed by atoms with Gasteiger partial charge in [-0.3, -0.25) is 0 Å². The monoisotopic (exact) mass is 808 g/mol. The lowest BCUT2D eigenvalue weighted by Gasteiger charge is -2.41. The SMILES string of the molecule is [2H]C([2H])([2H])c1cc2c(cc1-c1ccc3c(c1)-c1ccccc1-c1ccccc1-c1ccc(N4c5nc6ccccc6n5C5C=CC=CC54)cc1-3)C(C)(C)C(C)(C)c1ccc(C([2H])([2H])C)cc1O2. The predicted molar refractivity (Wildman–Crippen MR) is 257 cm³/mol. The van der Waals surface area contributed by atoms with Gasteiger partial charge in [0.05, 0.1) is 23.1 Å². The largest absolute Gasteiger partial charge is 0.457 e. The normalized spacial score (nSPS) is 19.8. The molecule has 2 unspecified atom stereocenters. The first kappa shape index (κ1) is 31.9. The van der Waals surface area contributed by atoms with Gasteiger partial charge in [-0.15, -0.1) is 0 Å². The topological polar surface area (TPSA) is 30.3 Å². The molecule has 2 atom stereocenters. The predicted octanol–water partition coefficient (Wildman–Crippen LogP) is 15.1. The molecule has 0 amide bonds. The third-order valence-electron chi connectivity index (χ3n) is 14.6. The van der Waals surface area contributed by atoms with Gasteiger partial charge in [-0.2, -0.15) is 0 Å². The number of para-hydroxylation sites is 2. The number of aryl methyl sites for hydroxylation is 2. The third-order valence-corrected chi connectivity index (χ3v) is 14.6.